The molecule has 0 spiro atoms. The molecule has 1 rings (SSSR count). The number of nitrogens with one attached hydrogen (secondary N) is 1. The zero-order valence-corrected chi connectivity index (χ0v) is 39.2. The molecule has 0 unspecified atom stereocenters. The average Bonchev–Trinajstić information content (AvgIpc) is 3.32. The number of hydrogen-bond donors (Lipinski definition) is 1. The van der Waals surface area contributed by atoms with Gasteiger partial charge in [0.1, 0.15) is 11.4 Å². The summed E-state index contributed by atoms with van der Waals surface area (Å²) in [6.07, 6.45) is -8.01. The van der Waals surface area contributed by atoms with Crippen LogP contribution < -0.4 is 5.32 Å². The molecule has 0 heterocycles. The lowest BCUT2D eigenvalue weighted by atomic mass is 9.81. The molecule has 0 aliphatic carbocycles. The number of halogens is 45. The van der Waals surface area contributed by atoms with Crippen LogP contribution in [0.5, 0.6) is 0 Å². The molecule has 1 aromatic rings. The predicted octanol–water partition coefficient (Wildman–Crippen LogP) is 15.5. The fourth-order valence-electron chi connectivity index (χ4n) is 6.04. The highest BCUT2D eigenvalue weighted by atomic mass is 19.4. The van der Waals surface area contributed by atoms with Gasteiger partial charge in [0.15, 0.2) is 6.73 Å². The molecule has 0 radical (unpaired) electrons. The quantitative estimate of drug-likeness (QED) is 0.0326. The Hall–Kier alpha value is -6.23. The summed E-state index contributed by atoms with van der Waals surface area (Å²) < 4.78 is 643. The van der Waals surface area contributed by atoms with Gasteiger partial charge in [-0.3, -0.25) is 9.59 Å². The van der Waals surface area contributed by atoms with Gasteiger partial charge in [-0.1, -0.05) is 0 Å². The highest BCUT2D eigenvalue weighted by Crippen LogP contribution is 2.72. The topological polar surface area (TPSA) is 114 Å². The van der Waals surface area contributed by atoms with Crippen LogP contribution in [0, 0.1) is 6.92 Å². The van der Waals surface area contributed by atoms with E-state index in [0.29, 0.717) is 13.0 Å². The molecular formula is C35H10F45N3O5. The van der Waals surface area contributed by atoms with Crippen LogP contribution in [0.1, 0.15) is 28.4 Å². The van der Waals surface area contributed by atoms with Gasteiger partial charge in [0.2, 0.25) is 12.2 Å². The standard InChI is InChI=1S/C35H10F45N3O5/c1-7-11(13(87)83-6-88-8(2)86)9(3-10(81-4-84)12(7)82-5-85)14(36,37)15(38,39)16(40,41)17(42,43)18(44,45)19(46,47)20(48,49)21(50,51)22(52,53)23(54,55)24(56,57)25(58,59)26(60,61)27(62,63)28(64,65)29(66,67)30(68,69)31(70,71)32(72,73)33(74,75)34(76,77)35(78,79)80/h3H,6H2,1-2H3,(H,83,87). The Kier molecular flexibility index (Phi) is 19.5. The Balaban J connectivity index is 4.36. The number of rotatable bonds is 26. The lowest BCUT2D eigenvalue weighted by Gasteiger charge is -2.47. The third kappa shape index (κ3) is 9.80. The first kappa shape index (κ1) is 79.8. The molecule has 0 aliphatic heterocycles. The number of aliphatic imine (C=N–C) groups is 2. The number of amides is 1. The maximum Gasteiger partial charge on any atom is 0.460 e. The second-order valence-electron chi connectivity index (χ2n) is 16.5. The van der Waals surface area contributed by atoms with Gasteiger partial charge >= 0.3 is 137 Å². The van der Waals surface area contributed by atoms with E-state index in [1.807, 2.05) is 0 Å². The van der Waals surface area contributed by atoms with Crippen LogP contribution in [0.25, 0.3) is 0 Å². The SMILES string of the molecule is CC(=O)OCNC(=O)c1c(C(F)(F)C(F)(F)C(F)(F)C(F)(F)C(F)(F)C(F)(F)C(F)(F)C(F)(F)C(F)(F)C(F)(F)C(F)(F)C(F)(F)C(F)(F)C(F)(F)C(F)(F)C(F)(F)C(F)(F)C(F)(F)C(F)(F)C(F)(F)C(F)(F)C(F)(F)F)cc(N=C=O)c(N=C=O)c1C. The Labute approximate surface area is 447 Å². The summed E-state index contributed by atoms with van der Waals surface area (Å²) in [6, 6.07) is -1.25. The summed E-state index contributed by atoms with van der Waals surface area (Å²) >= 11 is 0. The smallest absolute Gasteiger partial charge is 0.445 e. The van der Waals surface area contributed by atoms with Crippen molar-refractivity contribution in [2.45, 2.75) is 144 Å². The van der Waals surface area contributed by atoms with E-state index in [0.717, 1.165) is 5.32 Å². The van der Waals surface area contributed by atoms with Crippen LogP contribution >= 0.6 is 0 Å². The van der Waals surface area contributed by atoms with E-state index in [2.05, 4.69) is 14.7 Å². The van der Waals surface area contributed by atoms with Crippen LogP contribution in [0.3, 0.4) is 0 Å². The van der Waals surface area contributed by atoms with Crippen LogP contribution in [-0.2, 0) is 25.0 Å². The van der Waals surface area contributed by atoms with E-state index in [1.165, 1.54) is 0 Å². The molecule has 1 N–H and O–H groups in total. The average molecular weight is 1410 g/mol. The second-order valence-corrected chi connectivity index (χ2v) is 16.5. The van der Waals surface area contributed by atoms with Crippen molar-refractivity contribution in [1.82, 2.24) is 5.32 Å². The van der Waals surface area contributed by atoms with Crippen molar-refractivity contribution in [2.75, 3.05) is 6.73 Å². The molecule has 510 valence electrons. The van der Waals surface area contributed by atoms with E-state index in [9.17, 15) is 199 Å². The van der Waals surface area contributed by atoms with E-state index in [4.69, 9.17) is 0 Å². The minimum absolute atomic E-state index is 0.0608. The second kappa shape index (κ2) is 21.5. The number of ether oxygens (including phenoxy) is 1. The van der Waals surface area contributed by atoms with Gasteiger partial charge in [0.05, 0.1) is 5.56 Å². The molecular weight excluding hydrogens is 1400 g/mol. The van der Waals surface area contributed by atoms with Gasteiger partial charge in [-0.05, 0) is 18.6 Å². The molecule has 88 heavy (non-hydrogen) atoms. The first-order valence-electron chi connectivity index (χ1n) is 19.6. The molecule has 0 atom stereocenters. The van der Waals surface area contributed by atoms with E-state index in [-0.39, 0.29) is 13.0 Å². The van der Waals surface area contributed by atoms with Gasteiger partial charge in [0, 0.05) is 12.5 Å². The highest BCUT2D eigenvalue weighted by Gasteiger charge is 3.04. The summed E-state index contributed by atoms with van der Waals surface area (Å²) in [5, 5.41) is 1.01. The summed E-state index contributed by atoms with van der Waals surface area (Å²) in [5.74, 6) is -220. The molecule has 0 bridgehead atoms. The van der Waals surface area contributed by atoms with Gasteiger partial charge in [0.25, 0.3) is 5.91 Å². The van der Waals surface area contributed by atoms with Crippen molar-refractivity contribution >= 4 is 35.4 Å². The van der Waals surface area contributed by atoms with Crippen LogP contribution in [0.15, 0.2) is 16.1 Å². The molecule has 1 amide bonds. The maximum absolute atomic E-state index is 15.6. The molecule has 0 aromatic heterocycles. The summed E-state index contributed by atoms with van der Waals surface area (Å²) in [6.45, 7) is -1.45. The largest absolute Gasteiger partial charge is 0.460 e. The number of carbonyl (C=O) groups is 2. The fourth-order valence-corrected chi connectivity index (χ4v) is 6.04. The molecule has 1 aromatic carbocycles. The molecule has 0 aliphatic rings. The third-order valence-corrected chi connectivity index (χ3v) is 11.2. The van der Waals surface area contributed by atoms with Crippen LogP contribution in [0.4, 0.5) is 209 Å². The molecule has 8 nitrogen and oxygen atoms in total. The van der Waals surface area contributed by atoms with Gasteiger partial charge in [-0.15, -0.1) is 0 Å². The number of benzene rings is 1. The lowest BCUT2D eigenvalue weighted by Crippen LogP contribution is -2.81. The monoisotopic (exact) mass is 1410 g/mol. The van der Waals surface area contributed by atoms with Gasteiger partial charge in [-0.2, -0.15) is 208 Å². The Morgan fingerprint density at radius 3 is 0.795 bits per heavy atom. The number of nitrogens with zero attached hydrogens (tertiary/aromatic N) is 2. The highest BCUT2D eigenvalue weighted by molar-refractivity contribution is 6.00. The Morgan fingerprint density at radius 1 is 0.375 bits per heavy atom. The number of isocyanates is 2. The number of esters is 1. The van der Waals surface area contributed by atoms with Crippen molar-refractivity contribution in [1.29, 1.82) is 0 Å². The Bertz CT molecular complexity index is 2930. The van der Waals surface area contributed by atoms with Crippen LogP contribution in [-0.4, -0.2) is 155 Å². The molecule has 0 saturated heterocycles. The van der Waals surface area contributed by atoms with Crippen molar-refractivity contribution in [3.63, 3.8) is 0 Å². The third-order valence-electron chi connectivity index (χ3n) is 11.2. The summed E-state index contributed by atoms with van der Waals surface area (Å²) in [4.78, 5) is 50.1. The van der Waals surface area contributed by atoms with E-state index in [1.54, 1.807) is 0 Å². The zero-order chi connectivity index (χ0) is 71.7. The molecule has 0 saturated carbocycles. The zero-order valence-electron chi connectivity index (χ0n) is 39.2. The minimum Gasteiger partial charge on any atom is -0.445 e. The molecule has 0 fully saturated rings. The number of carbonyl (C=O) groups excluding carboxylic acids is 4. The van der Waals surface area contributed by atoms with E-state index < -0.39 is 183 Å². The summed E-state index contributed by atoms with van der Waals surface area (Å²) in [5.41, 5.74) is -12.0. The van der Waals surface area contributed by atoms with Gasteiger partial charge < -0.3 is 10.1 Å². The lowest BCUT2D eigenvalue weighted by molar-refractivity contribution is -0.497. The van der Waals surface area contributed by atoms with E-state index >= 15 is 17.6 Å². The van der Waals surface area contributed by atoms with Crippen molar-refractivity contribution in [3.8, 4) is 0 Å². The Morgan fingerprint density at radius 2 is 0.591 bits per heavy atom. The number of hydrogen-bond acceptors (Lipinski definition) is 7. The number of alkyl halides is 45. The first-order valence-corrected chi connectivity index (χ1v) is 19.6. The first-order chi connectivity index (χ1) is 37.9. The maximum atomic E-state index is 15.6. The normalized spacial score (nSPS) is 15.8. The van der Waals surface area contributed by atoms with Crippen LogP contribution in [0.2, 0.25) is 0 Å². The summed E-state index contributed by atoms with van der Waals surface area (Å²) in [7, 11) is 0. The fraction of sp³-hybridized carbons (Fsp3) is 0.714. The van der Waals surface area contributed by atoms with Crippen molar-refractivity contribution in [2.24, 2.45) is 9.98 Å². The van der Waals surface area contributed by atoms with Gasteiger partial charge in [-0.25, -0.2) is 9.59 Å². The predicted molar refractivity (Wildman–Crippen MR) is 180 cm³/mol. The molecule has 53 heteroatoms. The van der Waals surface area contributed by atoms with Crippen molar-refractivity contribution < 1.29 is 221 Å². The minimum atomic E-state index is -10.9. The van der Waals surface area contributed by atoms with Crippen molar-refractivity contribution in [3.05, 3.63) is 22.8 Å².